The van der Waals surface area contributed by atoms with Gasteiger partial charge in [-0.1, -0.05) is 0 Å². The molecule has 2 saturated heterocycles. The Morgan fingerprint density at radius 2 is 2.25 bits per heavy atom. The van der Waals surface area contributed by atoms with Crippen molar-refractivity contribution < 1.29 is 4.84 Å². The highest BCUT2D eigenvalue weighted by molar-refractivity contribution is 4.79. The van der Waals surface area contributed by atoms with Gasteiger partial charge in [0.05, 0.1) is 6.10 Å². The maximum atomic E-state index is 5.34. The van der Waals surface area contributed by atoms with Crippen LogP contribution in [0.4, 0.5) is 0 Å². The SMILES string of the molecule is C1CNC(CC2CCNO2)CN1. The molecule has 2 aliphatic heterocycles. The zero-order chi connectivity index (χ0) is 8.23. The molecule has 12 heavy (non-hydrogen) atoms. The number of hydroxylamine groups is 1. The van der Waals surface area contributed by atoms with Crippen molar-refractivity contribution in [1.82, 2.24) is 16.1 Å². The summed E-state index contributed by atoms with van der Waals surface area (Å²) in [7, 11) is 0. The van der Waals surface area contributed by atoms with Gasteiger partial charge in [-0.3, -0.25) is 4.84 Å². The van der Waals surface area contributed by atoms with E-state index in [1.807, 2.05) is 0 Å². The normalized spacial score (nSPS) is 37.0. The van der Waals surface area contributed by atoms with Crippen LogP contribution in [0.2, 0.25) is 0 Å². The molecule has 2 atom stereocenters. The molecule has 0 aromatic heterocycles. The van der Waals surface area contributed by atoms with Crippen molar-refractivity contribution in [2.75, 3.05) is 26.2 Å². The second-order valence-corrected chi connectivity index (χ2v) is 3.51. The zero-order valence-electron chi connectivity index (χ0n) is 7.31. The molecule has 0 amide bonds. The van der Waals surface area contributed by atoms with E-state index in [4.69, 9.17) is 4.84 Å². The van der Waals surface area contributed by atoms with Crippen LogP contribution in [-0.4, -0.2) is 38.3 Å². The summed E-state index contributed by atoms with van der Waals surface area (Å²) in [6.07, 6.45) is 2.69. The molecule has 0 aromatic carbocycles. The van der Waals surface area contributed by atoms with Gasteiger partial charge in [0, 0.05) is 32.2 Å². The third kappa shape index (κ3) is 2.17. The second-order valence-electron chi connectivity index (χ2n) is 3.51. The van der Waals surface area contributed by atoms with Gasteiger partial charge in [-0.2, -0.15) is 0 Å². The maximum Gasteiger partial charge on any atom is 0.0818 e. The van der Waals surface area contributed by atoms with Gasteiger partial charge >= 0.3 is 0 Å². The van der Waals surface area contributed by atoms with E-state index in [0.29, 0.717) is 12.1 Å². The molecule has 0 aromatic rings. The van der Waals surface area contributed by atoms with E-state index in [0.717, 1.165) is 39.0 Å². The van der Waals surface area contributed by atoms with Crippen molar-refractivity contribution in [2.45, 2.75) is 25.0 Å². The molecule has 2 fully saturated rings. The first-order chi connectivity index (χ1) is 5.95. The van der Waals surface area contributed by atoms with Crippen LogP contribution in [0, 0.1) is 0 Å². The summed E-state index contributed by atoms with van der Waals surface area (Å²) in [5.41, 5.74) is 2.91. The van der Waals surface area contributed by atoms with Crippen LogP contribution < -0.4 is 16.1 Å². The number of rotatable bonds is 2. The summed E-state index contributed by atoms with van der Waals surface area (Å²) in [4.78, 5) is 5.34. The topological polar surface area (TPSA) is 45.3 Å². The minimum absolute atomic E-state index is 0.419. The minimum atomic E-state index is 0.419. The Bertz CT molecular complexity index is 130. The van der Waals surface area contributed by atoms with Crippen molar-refractivity contribution in [3.05, 3.63) is 0 Å². The maximum absolute atomic E-state index is 5.34. The zero-order valence-corrected chi connectivity index (χ0v) is 7.31. The van der Waals surface area contributed by atoms with Crippen LogP contribution in [0.5, 0.6) is 0 Å². The van der Waals surface area contributed by atoms with Gasteiger partial charge in [-0.25, -0.2) is 5.48 Å². The van der Waals surface area contributed by atoms with Crippen molar-refractivity contribution in [1.29, 1.82) is 0 Å². The highest BCUT2D eigenvalue weighted by atomic mass is 16.7. The lowest BCUT2D eigenvalue weighted by molar-refractivity contribution is 0.0233. The molecule has 0 bridgehead atoms. The van der Waals surface area contributed by atoms with Crippen LogP contribution >= 0.6 is 0 Å². The summed E-state index contributed by atoms with van der Waals surface area (Å²) >= 11 is 0. The Balaban J connectivity index is 1.69. The fourth-order valence-corrected chi connectivity index (χ4v) is 1.82. The lowest BCUT2D eigenvalue weighted by Crippen LogP contribution is -2.49. The summed E-state index contributed by atoms with van der Waals surface area (Å²) in [6.45, 7) is 4.27. The Kier molecular flexibility index (Phi) is 2.94. The number of hydrogen-bond donors (Lipinski definition) is 3. The fourth-order valence-electron chi connectivity index (χ4n) is 1.82. The van der Waals surface area contributed by atoms with Crippen molar-refractivity contribution in [3.8, 4) is 0 Å². The summed E-state index contributed by atoms with van der Waals surface area (Å²) in [5.74, 6) is 0. The molecule has 0 spiro atoms. The van der Waals surface area contributed by atoms with Gasteiger partial charge in [0.15, 0.2) is 0 Å². The minimum Gasteiger partial charge on any atom is -0.314 e. The smallest absolute Gasteiger partial charge is 0.0818 e. The molecule has 2 unspecified atom stereocenters. The third-order valence-electron chi connectivity index (χ3n) is 2.49. The Hall–Kier alpha value is -0.160. The molecule has 0 radical (unpaired) electrons. The second kappa shape index (κ2) is 4.18. The lowest BCUT2D eigenvalue weighted by Gasteiger charge is -2.26. The molecule has 2 aliphatic rings. The Labute approximate surface area is 73.0 Å². The molecule has 0 saturated carbocycles. The van der Waals surface area contributed by atoms with Gasteiger partial charge in [0.25, 0.3) is 0 Å². The molecule has 4 heteroatoms. The van der Waals surface area contributed by atoms with Crippen molar-refractivity contribution >= 4 is 0 Å². The largest absolute Gasteiger partial charge is 0.314 e. The Morgan fingerprint density at radius 3 is 2.92 bits per heavy atom. The summed E-state index contributed by atoms with van der Waals surface area (Å²) < 4.78 is 0. The van der Waals surface area contributed by atoms with Gasteiger partial charge < -0.3 is 10.6 Å². The summed E-state index contributed by atoms with van der Waals surface area (Å²) in [5, 5.41) is 6.85. The van der Waals surface area contributed by atoms with Gasteiger partial charge in [0.1, 0.15) is 0 Å². The van der Waals surface area contributed by atoms with E-state index < -0.39 is 0 Å². The lowest BCUT2D eigenvalue weighted by atomic mass is 10.1. The van der Waals surface area contributed by atoms with Crippen LogP contribution in [0.15, 0.2) is 0 Å². The van der Waals surface area contributed by atoms with E-state index in [1.165, 1.54) is 0 Å². The highest BCUT2D eigenvalue weighted by Crippen LogP contribution is 2.10. The van der Waals surface area contributed by atoms with Gasteiger partial charge in [-0.05, 0) is 12.8 Å². The number of piperazine rings is 1. The van der Waals surface area contributed by atoms with Gasteiger partial charge in [-0.15, -0.1) is 0 Å². The first kappa shape index (κ1) is 8.44. The number of nitrogens with one attached hydrogen (secondary N) is 3. The van der Waals surface area contributed by atoms with E-state index >= 15 is 0 Å². The molecular formula is C8H17N3O. The van der Waals surface area contributed by atoms with Gasteiger partial charge in [0.2, 0.25) is 0 Å². The third-order valence-corrected chi connectivity index (χ3v) is 2.49. The Morgan fingerprint density at radius 1 is 1.25 bits per heavy atom. The molecule has 2 rings (SSSR count). The average molecular weight is 171 g/mol. The summed E-state index contributed by atoms with van der Waals surface area (Å²) in [6, 6.07) is 0.601. The first-order valence-electron chi connectivity index (χ1n) is 4.78. The molecule has 2 heterocycles. The highest BCUT2D eigenvalue weighted by Gasteiger charge is 2.21. The molecule has 70 valence electrons. The standard InChI is InChI=1S/C8H17N3O/c1-2-11-12-8(1)5-7-6-9-3-4-10-7/h7-11H,1-6H2. The quantitative estimate of drug-likeness (QED) is 0.510. The van der Waals surface area contributed by atoms with E-state index in [-0.39, 0.29) is 0 Å². The van der Waals surface area contributed by atoms with Crippen LogP contribution in [0.25, 0.3) is 0 Å². The average Bonchev–Trinajstić information content (AvgIpc) is 2.59. The van der Waals surface area contributed by atoms with Crippen molar-refractivity contribution in [2.24, 2.45) is 0 Å². The molecular weight excluding hydrogens is 154 g/mol. The van der Waals surface area contributed by atoms with E-state index in [2.05, 4.69) is 16.1 Å². The van der Waals surface area contributed by atoms with Crippen LogP contribution in [0.3, 0.4) is 0 Å². The fraction of sp³-hybridized carbons (Fsp3) is 1.00. The molecule has 3 N–H and O–H groups in total. The van der Waals surface area contributed by atoms with Crippen LogP contribution in [-0.2, 0) is 4.84 Å². The van der Waals surface area contributed by atoms with E-state index in [1.54, 1.807) is 0 Å². The molecule has 4 nitrogen and oxygen atoms in total. The first-order valence-corrected chi connectivity index (χ1v) is 4.78. The monoisotopic (exact) mass is 171 g/mol. The predicted molar refractivity (Wildman–Crippen MR) is 46.8 cm³/mol. The van der Waals surface area contributed by atoms with E-state index in [9.17, 15) is 0 Å². The number of hydrogen-bond acceptors (Lipinski definition) is 4. The predicted octanol–water partition coefficient (Wildman–Crippen LogP) is -0.769. The van der Waals surface area contributed by atoms with Crippen molar-refractivity contribution in [3.63, 3.8) is 0 Å². The molecule has 0 aliphatic carbocycles. The van der Waals surface area contributed by atoms with Crippen LogP contribution in [0.1, 0.15) is 12.8 Å².